The van der Waals surface area contributed by atoms with Crippen LogP contribution in [0.15, 0.2) is 24.7 Å². The molecular formula is C22H25N3O4. The highest BCUT2D eigenvalue weighted by Crippen LogP contribution is 2.41. The molecule has 3 heterocycles. The Kier molecular flexibility index (Phi) is 4.98. The second kappa shape index (κ2) is 7.46. The van der Waals surface area contributed by atoms with Crippen LogP contribution in [0.5, 0.6) is 5.75 Å². The van der Waals surface area contributed by atoms with Crippen molar-refractivity contribution < 1.29 is 19.1 Å². The number of nitrogens with zero attached hydrogens (tertiary/aromatic N) is 3. The van der Waals surface area contributed by atoms with Gasteiger partial charge in [-0.3, -0.25) is 4.79 Å². The molecule has 1 spiro atoms. The molecule has 0 radical (unpaired) electrons. The van der Waals surface area contributed by atoms with Gasteiger partial charge in [0.15, 0.2) is 5.78 Å². The second-order valence-electron chi connectivity index (χ2n) is 7.79. The van der Waals surface area contributed by atoms with Crippen molar-refractivity contribution >= 4 is 17.6 Å². The summed E-state index contributed by atoms with van der Waals surface area (Å²) in [5.74, 6) is 0.971. The van der Waals surface area contributed by atoms with E-state index in [9.17, 15) is 9.59 Å². The summed E-state index contributed by atoms with van der Waals surface area (Å²) in [5.41, 5.74) is 2.76. The number of fused-ring (bicyclic) bond motifs is 1. The lowest BCUT2D eigenvalue weighted by atomic mass is 9.82. The first-order valence-electron chi connectivity index (χ1n) is 9.98. The molecule has 0 aliphatic carbocycles. The molecule has 1 aromatic heterocycles. The smallest absolute Gasteiger partial charge is 0.343 e. The molecule has 4 rings (SSSR count). The summed E-state index contributed by atoms with van der Waals surface area (Å²) >= 11 is 0. The second-order valence-corrected chi connectivity index (χ2v) is 7.79. The maximum Gasteiger partial charge on any atom is 0.343 e. The first-order chi connectivity index (χ1) is 13.9. The molecule has 29 heavy (non-hydrogen) atoms. The molecule has 7 heteroatoms. The fraction of sp³-hybridized carbons (Fsp3) is 0.455. The van der Waals surface area contributed by atoms with Gasteiger partial charge < -0.3 is 14.4 Å². The molecule has 0 unspecified atom stereocenters. The SMILES string of the molecule is CCOC(=O)c1cncnc1N1CCC2(CC1)CC(=O)c1cc(C)c(C)cc1O2. The van der Waals surface area contributed by atoms with E-state index < -0.39 is 11.6 Å². The third-order valence-corrected chi connectivity index (χ3v) is 5.87. The standard InChI is InChI=1S/C22H25N3O4/c1-4-28-21(27)17-12-23-13-24-20(17)25-7-5-22(6-8-25)11-18(26)16-9-14(2)15(3)10-19(16)29-22/h9-10,12-13H,4-8,11H2,1-3H3. The summed E-state index contributed by atoms with van der Waals surface area (Å²) in [5, 5.41) is 0. The summed E-state index contributed by atoms with van der Waals surface area (Å²) in [4.78, 5) is 35.4. The van der Waals surface area contributed by atoms with Crippen molar-refractivity contribution in [1.82, 2.24) is 9.97 Å². The van der Waals surface area contributed by atoms with E-state index in [0.717, 1.165) is 11.1 Å². The number of benzene rings is 1. The van der Waals surface area contributed by atoms with Crippen molar-refractivity contribution in [3.05, 3.63) is 46.9 Å². The Morgan fingerprint density at radius 1 is 1.24 bits per heavy atom. The van der Waals surface area contributed by atoms with Crippen LogP contribution >= 0.6 is 0 Å². The topological polar surface area (TPSA) is 81.6 Å². The zero-order valence-electron chi connectivity index (χ0n) is 17.0. The van der Waals surface area contributed by atoms with Crippen LogP contribution in [0, 0.1) is 13.8 Å². The molecule has 1 aromatic carbocycles. The molecule has 0 N–H and O–H groups in total. The molecule has 7 nitrogen and oxygen atoms in total. The van der Waals surface area contributed by atoms with E-state index >= 15 is 0 Å². The normalized spacial score (nSPS) is 17.6. The minimum absolute atomic E-state index is 0.136. The minimum atomic E-state index is -0.501. The predicted octanol–water partition coefficient (Wildman–Crippen LogP) is 3.27. The van der Waals surface area contributed by atoms with E-state index in [4.69, 9.17) is 9.47 Å². The Balaban J connectivity index is 1.54. The zero-order valence-corrected chi connectivity index (χ0v) is 17.0. The van der Waals surface area contributed by atoms with Crippen molar-refractivity contribution in [2.24, 2.45) is 0 Å². The van der Waals surface area contributed by atoms with E-state index in [0.29, 0.717) is 61.7 Å². The zero-order chi connectivity index (χ0) is 20.6. The summed E-state index contributed by atoms with van der Waals surface area (Å²) in [6.45, 7) is 7.37. The van der Waals surface area contributed by atoms with Gasteiger partial charge in [0, 0.05) is 32.1 Å². The van der Waals surface area contributed by atoms with Crippen LogP contribution in [-0.2, 0) is 4.74 Å². The van der Waals surface area contributed by atoms with Crippen LogP contribution in [0.25, 0.3) is 0 Å². The molecule has 0 bridgehead atoms. The van der Waals surface area contributed by atoms with Gasteiger partial charge in [0.2, 0.25) is 0 Å². The lowest BCUT2D eigenvalue weighted by molar-refractivity contribution is 0.0230. The summed E-state index contributed by atoms with van der Waals surface area (Å²) in [6, 6.07) is 3.90. The summed E-state index contributed by atoms with van der Waals surface area (Å²) in [7, 11) is 0. The van der Waals surface area contributed by atoms with Crippen LogP contribution in [0.1, 0.15) is 58.0 Å². The summed E-state index contributed by atoms with van der Waals surface area (Å²) in [6.07, 6.45) is 4.66. The third kappa shape index (κ3) is 3.57. The van der Waals surface area contributed by atoms with Gasteiger partial charge in [-0.15, -0.1) is 0 Å². The van der Waals surface area contributed by atoms with Gasteiger partial charge in [-0.05, 0) is 44.0 Å². The lowest BCUT2D eigenvalue weighted by Crippen LogP contribution is -2.51. The van der Waals surface area contributed by atoms with Crippen LogP contribution in [-0.4, -0.2) is 47.0 Å². The Morgan fingerprint density at radius 2 is 1.97 bits per heavy atom. The number of hydrogen-bond acceptors (Lipinski definition) is 7. The van der Waals surface area contributed by atoms with Gasteiger partial charge in [-0.2, -0.15) is 0 Å². The van der Waals surface area contributed by atoms with E-state index in [2.05, 4.69) is 9.97 Å². The number of esters is 1. The van der Waals surface area contributed by atoms with E-state index in [1.807, 2.05) is 30.9 Å². The van der Waals surface area contributed by atoms with Gasteiger partial charge in [0.05, 0.1) is 18.6 Å². The van der Waals surface area contributed by atoms with Crippen molar-refractivity contribution in [2.45, 2.75) is 45.6 Å². The van der Waals surface area contributed by atoms with Crippen LogP contribution in [0.3, 0.4) is 0 Å². The molecule has 0 atom stereocenters. The number of Topliss-reactive ketones (excluding diaryl/α,β-unsaturated/α-hetero) is 1. The highest BCUT2D eigenvalue weighted by molar-refractivity contribution is 6.00. The van der Waals surface area contributed by atoms with Gasteiger partial charge >= 0.3 is 5.97 Å². The average Bonchev–Trinajstić information content (AvgIpc) is 2.70. The van der Waals surface area contributed by atoms with Crippen molar-refractivity contribution in [1.29, 1.82) is 0 Å². The van der Waals surface area contributed by atoms with Gasteiger partial charge in [-0.25, -0.2) is 14.8 Å². The number of anilines is 1. The average molecular weight is 395 g/mol. The molecule has 2 aromatic rings. The van der Waals surface area contributed by atoms with Crippen molar-refractivity contribution in [2.75, 3.05) is 24.6 Å². The highest BCUT2D eigenvalue weighted by Gasteiger charge is 2.43. The fourth-order valence-electron chi connectivity index (χ4n) is 4.08. The lowest BCUT2D eigenvalue weighted by Gasteiger charge is -2.44. The predicted molar refractivity (Wildman–Crippen MR) is 108 cm³/mol. The Bertz CT molecular complexity index is 965. The number of aromatic nitrogens is 2. The van der Waals surface area contributed by atoms with Crippen LogP contribution in [0.4, 0.5) is 5.82 Å². The van der Waals surface area contributed by atoms with Crippen LogP contribution in [0.2, 0.25) is 0 Å². The van der Waals surface area contributed by atoms with Crippen molar-refractivity contribution in [3.63, 3.8) is 0 Å². The molecule has 1 saturated heterocycles. The van der Waals surface area contributed by atoms with Gasteiger partial charge in [-0.1, -0.05) is 0 Å². The van der Waals surface area contributed by atoms with Gasteiger partial charge in [0.1, 0.15) is 29.1 Å². The number of aryl methyl sites for hydroxylation is 2. The Morgan fingerprint density at radius 3 is 2.69 bits per heavy atom. The molecule has 0 saturated carbocycles. The maximum absolute atomic E-state index is 12.8. The number of carbonyl (C=O) groups excluding carboxylic acids is 2. The molecule has 2 aliphatic heterocycles. The molecule has 1 fully saturated rings. The molecule has 2 aliphatic rings. The first-order valence-corrected chi connectivity index (χ1v) is 9.98. The van der Waals surface area contributed by atoms with Crippen LogP contribution < -0.4 is 9.64 Å². The number of carbonyl (C=O) groups is 2. The van der Waals surface area contributed by atoms with Gasteiger partial charge in [0.25, 0.3) is 0 Å². The number of ether oxygens (including phenoxy) is 2. The largest absolute Gasteiger partial charge is 0.486 e. The van der Waals surface area contributed by atoms with Crippen molar-refractivity contribution in [3.8, 4) is 5.75 Å². The highest BCUT2D eigenvalue weighted by atomic mass is 16.5. The van der Waals surface area contributed by atoms with E-state index in [1.165, 1.54) is 12.5 Å². The molecule has 0 amide bonds. The molecular weight excluding hydrogens is 370 g/mol. The number of hydrogen-bond donors (Lipinski definition) is 0. The Labute approximate surface area is 170 Å². The van der Waals surface area contributed by atoms with E-state index in [1.54, 1.807) is 6.92 Å². The number of ketones is 1. The number of rotatable bonds is 3. The Hall–Kier alpha value is -2.96. The van der Waals surface area contributed by atoms with E-state index in [-0.39, 0.29) is 5.78 Å². The maximum atomic E-state index is 12.8. The summed E-state index contributed by atoms with van der Waals surface area (Å²) < 4.78 is 11.5. The fourth-order valence-corrected chi connectivity index (χ4v) is 4.08. The third-order valence-electron chi connectivity index (χ3n) is 5.87. The minimum Gasteiger partial charge on any atom is -0.486 e. The number of piperidine rings is 1. The molecule has 152 valence electrons. The first kappa shape index (κ1) is 19.4. The monoisotopic (exact) mass is 395 g/mol. The quantitative estimate of drug-likeness (QED) is 0.738.